The molecule has 0 saturated heterocycles. The molecule has 0 N–H and O–H groups in total. The number of fused-ring (bicyclic) bond motifs is 1. The molecule has 7 heteroatoms. The molecular weight excluding hydrogens is 403 g/mol. The molecule has 0 aliphatic carbocycles. The molecule has 4 rings (SSSR count). The number of esters is 1. The van der Waals surface area contributed by atoms with Crippen LogP contribution in [0.5, 0.6) is 5.75 Å². The van der Waals surface area contributed by atoms with E-state index in [1.165, 1.54) is 18.4 Å². The van der Waals surface area contributed by atoms with Gasteiger partial charge >= 0.3 is 5.97 Å². The van der Waals surface area contributed by atoms with E-state index in [1.807, 2.05) is 0 Å². The third-order valence-electron chi connectivity index (χ3n) is 4.15. The molecule has 0 radical (unpaired) electrons. The fourth-order valence-corrected chi connectivity index (χ4v) is 3.01. The molecule has 0 spiro atoms. The SMILES string of the molecule is Cc1cc2oc(-c3ccc(Cl)cc3)c(OC(=O)c3ccco3)c(=O)c2cc1Cl. The van der Waals surface area contributed by atoms with E-state index in [0.29, 0.717) is 21.2 Å². The molecule has 140 valence electrons. The minimum Gasteiger partial charge on any atom is -0.457 e. The molecule has 0 saturated carbocycles. The molecule has 0 unspecified atom stereocenters. The highest BCUT2D eigenvalue weighted by Gasteiger charge is 2.23. The van der Waals surface area contributed by atoms with E-state index in [2.05, 4.69) is 0 Å². The first-order chi connectivity index (χ1) is 13.4. The number of rotatable bonds is 3. The standard InChI is InChI=1S/C21H12Cl2O5/c1-11-9-17-14(10-15(11)23)18(24)20(28-21(25)16-3-2-8-26-16)19(27-17)12-4-6-13(22)7-5-12/h2-10H,1H3. The molecule has 0 amide bonds. The van der Waals surface area contributed by atoms with E-state index in [0.717, 1.165) is 5.56 Å². The normalized spacial score (nSPS) is 11.0. The Morgan fingerprint density at radius 2 is 1.82 bits per heavy atom. The average Bonchev–Trinajstić information content (AvgIpc) is 3.21. The quantitative estimate of drug-likeness (QED) is 0.391. The third-order valence-corrected chi connectivity index (χ3v) is 4.81. The Morgan fingerprint density at radius 1 is 1.07 bits per heavy atom. The van der Waals surface area contributed by atoms with Gasteiger partial charge in [0.2, 0.25) is 16.9 Å². The maximum absolute atomic E-state index is 13.1. The van der Waals surface area contributed by atoms with E-state index in [4.69, 9.17) is 36.8 Å². The van der Waals surface area contributed by atoms with Crippen LogP contribution in [0.2, 0.25) is 10.0 Å². The van der Waals surface area contributed by atoms with Gasteiger partial charge in [-0.3, -0.25) is 4.79 Å². The Hall–Kier alpha value is -3.02. The topological polar surface area (TPSA) is 69.7 Å². The number of aryl methyl sites for hydroxylation is 1. The summed E-state index contributed by atoms with van der Waals surface area (Å²) in [6.07, 6.45) is 1.34. The average molecular weight is 415 g/mol. The molecule has 28 heavy (non-hydrogen) atoms. The second-order valence-corrected chi connectivity index (χ2v) is 6.90. The molecule has 2 aromatic carbocycles. The van der Waals surface area contributed by atoms with E-state index in [1.54, 1.807) is 43.3 Å². The molecule has 0 atom stereocenters. The molecule has 2 aromatic heterocycles. The van der Waals surface area contributed by atoms with Crippen LogP contribution in [0.3, 0.4) is 0 Å². The monoisotopic (exact) mass is 414 g/mol. The molecule has 0 aliphatic rings. The highest BCUT2D eigenvalue weighted by atomic mass is 35.5. The lowest BCUT2D eigenvalue weighted by Gasteiger charge is -2.11. The van der Waals surface area contributed by atoms with Crippen molar-refractivity contribution in [2.45, 2.75) is 6.92 Å². The van der Waals surface area contributed by atoms with Crippen LogP contribution in [-0.2, 0) is 0 Å². The summed E-state index contributed by atoms with van der Waals surface area (Å²) in [7, 11) is 0. The van der Waals surface area contributed by atoms with Crippen LogP contribution < -0.4 is 10.2 Å². The Kier molecular flexibility index (Phi) is 4.71. The highest BCUT2D eigenvalue weighted by molar-refractivity contribution is 6.32. The van der Waals surface area contributed by atoms with Gasteiger partial charge in [-0.05, 0) is 61.0 Å². The number of carbonyl (C=O) groups is 1. The summed E-state index contributed by atoms with van der Waals surface area (Å²) in [6.45, 7) is 1.80. The fraction of sp³-hybridized carbons (Fsp3) is 0.0476. The minimum atomic E-state index is -0.815. The summed E-state index contributed by atoms with van der Waals surface area (Å²) in [6, 6.07) is 12.8. The molecule has 0 bridgehead atoms. The van der Waals surface area contributed by atoms with Crippen LogP contribution in [-0.4, -0.2) is 5.97 Å². The number of halogens is 2. The molecular formula is C21H12Cl2O5. The molecule has 2 heterocycles. The zero-order chi connectivity index (χ0) is 19.8. The van der Waals surface area contributed by atoms with Gasteiger partial charge in [0, 0.05) is 15.6 Å². The number of hydrogen-bond donors (Lipinski definition) is 0. The van der Waals surface area contributed by atoms with E-state index < -0.39 is 11.4 Å². The lowest BCUT2D eigenvalue weighted by atomic mass is 10.1. The maximum atomic E-state index is 13.1. The Balaban J connectivity index is 1.96. The smallest absolute Gasteiger partial charge is 0.379 e. The van der Waals surface area contributed by atoms with Crippen LogP contribution in [0.4, 0.5) is 0 Å². The second kappa shape index (κ2) is 7.19. The lowest BCUT2D eigenvalue weighted by molar-refractivity contribution is 0.0698. The van der Waals surface area contributed by atoms with Gasteiger partial charge in [0.15, 0.2) is 5.76 Å². The zero-order valence-electron chi connectivity index (χ0n) is 14.5. The summed E-state index contributed by atoms with van der Waals surface area (Å²) in [4.78, 5) is 25.5. The Labute approximate surface area is 169 Å². The number of benzene rings is 2. The summed E-state index contributed by atoms with van der Waals surface area (Å²) < 4.78 is 16.4. The van der Waals surface area contributed by atoms with Crippen molar-refractivity contribution < 1.29 is 18.4 Å². The zero-order valence-corrected chi connectivity index (χ0v) is 16.0. The first-order valence-corrected chi connectivity index (χ1v) is 8.98. The Bertz CT molecular complexity index is 1240. The predicted octanol–water partition coefficient (Wildman–Crippen LogP) is 5.89. The summed E-state index contributed by atoms with van der Waals surface area (Å²) in [5.74, 6) is -1.000. The lowest BCUT2D eigenvalue weighted by Crippen LogP contribution is -2.16. The van der Waals surface area contributed by atoms with Crippen molar-refractivity contribution in [1.29, 1.82) is 0 Å². The largest absolute Gasteiger partial charge is 0.457 e. The van der Waals surface area contributed by atoms with Crippen molar-refractivity contribution in [3.05, 3.63) is 86.4 Å². The van der Waals surface area contributed by atoms with Gasteiger partial charge in [0.25, 0.3) is 0 Å². The number of hydrogen-bond acceptors (Lipinski definition) is 5. The van der Waals surface area contributed by atoms with Gasteiger partial charge in [0.05, 0.1) is 11.6 Å². The van der Waals surface area contributed by atoms with Crippen molar-refractivity contribution in [2.75, 3.05) is 0 Å². The predicted molar refractivity (Wildman–Crippen MR) is 106 cm³/mol. The second-order valence-electron chi connectivity index (χ2n) is 6.06. The van der Waals surface area contributed by atoms with Crippen LogP contribution in [0.1, 0.15) is 16.1 Å². The highest BCUT2D eigenvalue weighted by Crippen LogP contribution is 2.33. The maximum Gasteiger partial charge on any atom is 0.379 e. The number of ether oxygens (including phenoxy) is 1. The Morgan fingerprint density at radius 3 is 2.50 bits per heavy atom. The third kappa shape index (κ3) is 3.30. The molecule has 5 nitrogen and oxygen atoms in total. The number of furan rings is 1. The van der Waals surface area contributed by atoms with Gasteiger partial charge in [-0.15, -0.1) is 0 Å². The van der Waals surface area contributed by atoms with E-state index in [-0.39, 0.29) is 22.7 Å². The van der Waals surface area contributed by atoms with Crippen molar-refractivity contribution >= 4 is 40.1 Å². The van der Waals surface area contributed by atoms with Crippen LogP contribution >= 0.6 is 23.2 Å². The van der Waals surface area contributed by atoms with Crippen molar-refractivity contribution in [3.63, 3.8) is 0 Å². The molecule has 0 fully saturated rings. The van der Waals surface area contributed by atoms with E-state index in [9.17, 15) is 9.59 Å². The van der Waals surface area contributed by atoms with E-state index >= 15 is 0 Å². The van der Waals surface area contributed by atoms with Gasteiger partial charge < -0.3 is 13.6 Å². The van der Waals surface area contributed by atoms with Gasteiger partial charge in [-0.1, -0.05) is 23.2 Å². The fourth-order valence-electron chi connectivity index (χ4n) is 2.72. The summed E-state index contributed by atoms with van der Waals surface area (Å²) >= 11 is 12.1. The van der Waals surface area contributed by atoms with Gasteiger partial charge in [0.1, 0.15) is 5.58 Å². The molecule has 0 aliphatic heterocycles. The van der Waals surface area contributed by atoms with Crippen LogP contribution in [0.25, 0.3) is 22.3 Å². The van der Waals surface area contributed by atoms with Crippen molar-refractivity contribution in [1.82, 2.24) is 0 Å². The minimum absolute atomic E-state index is 0.0384. The van der Waals surface area contributed by atoms with Gasteiger partial charge in [-0.25, -0.2) is 4.79 Å². The van der Waals surface area contributed by atoms with Crippen molar-refractivity contribution in [2.24, 2.45) is 0 Å². The summed E-state index contributed by atoms with van der Waals surface area (Å²) in [5, 5.41) is 1.13. The van der Waals surface area contributed by atoms with Crippen LogP contribution in [0.15, 0.2) is 68.4 Å². The first kappa shape index (κ1) is 18.3. The first-order valence-electron chi connectivity index (χ1n) is 8.22. The van der Waals surface area contributed by atoms with Crippen molar-refractivity contribution in [3.8, 4) is 17.1 Å². The van der Waals surface area contributed by atoms with Crippen LogP contribution in [0, 0.1) is 6.92 Å². The number of carbonyl (C=O) groups excluding carboxylic acids is 1. The molecule has 4 aromatic rings. The van der Waals surface area contributed by atoms with Gasteiger partial charge in [-0.2, -0.15) is 0 Å². The summed E-state index contributed by atoms with van der Waals surface area (Å²) in [5.41, 5.74) is 1.08.